The van der Waals surface area contributed by atoms with Gasteiger partial charge in [-0.1, -0.05) is 30.3 Å². The van der Waals surface area contributed by atoms with Crippen molar-refractivity contribution in [3.05, 3.63) is 35.9 Å². The quantitative estimate of drug-likeness (QED) is 0.637. The fourth-order valence-corrected chi connectivity index (χ4v) is 3.01. The van der Waals surface area contributed by atoms with Gasteiger partial charge in [0, 0.05) is 12.8 Å². The Balaban J connectivity index is 2.45. The van der Waals surface area contributed by atoms with Crippen molar-refractivity contribution in [1.82, 2.24) is 5.09 Å². The summed E-state index contributed by atoms with van der Waals surface area (Å²) in [6, 6.07) is 9.57. The molecule has 0 unspecified atom stereocenters. The average molecular weight is 269 g/mol. The summed E-state index contributed by atoms with van der Waals surface area (Å²) in [6.07, 6.45) is 0.285. The Hall–Kier alpha value is -1.12. The normalized spacial score (nSPS) is 14.2. The lowest BCUT2D eigenvalue weighted by Gasteiger charge is -2.15. The number of benzene rings is 1. The van der Waals surface area contributed by atoms with E-state index < -0.39 is 7.29 Å². The first-order valence-corrected chi connectivity index (χ1v) is 8.28. The van der Waals surface area contributed by atoms with Gasteiger partial charge in [0.1, 0.15) is 7.29 Å². The highest BCUT2D eigenvalue weighted by Gasteiger charge is 2.17. The summed E-state index contributed by atoms with van der Waals surface area (Å²) < 4.78 is 17.2. The third-order valence-corrected chi connectivity index (χ3v) is 4.05. The van der Waals surface area contributed by atoms with Crippen molar-refractivity contribution >= 4 is 13.3 Å². The van der Waals surface area contributed by atoms with Crippen LogP contribution in [-0.2, 0) is 20.3 Å². The van der Waals surface area contributed by atoms with Gasteiger partial charge in [-0.3, -0.25) is 9.88 Å². The zero-order valence-electron chi connectivity index (χ0n) is 11.1. The smallest absolute Gasteiger partial charge is 0.320 e. The maximum absolute atomic E-state index is 12.3. The molecule has 1 aromatic carbocycles. The van der Waals surface area contributed by atoms with E-state index in [-0.39, 0.29) is 18.6 Å². The fourth-order valence-electron chi connectivity index (χ4n) is 1.52. The Morgan fingerprint density at radius 3 is 2.50 bits per heavy atom. The molecule has 1 atom stereocenters. The summed E-state index contributed by atoms with van der Waals surface area (Å²) >= 11 is 0. The Morgan fingerprint density at radius 1 is 1.33 bits per heavy atom. The summed E-state index contributed by atoms with van der Waals surface area (Å²) in [6.45, 7) is 5.20. The van der Waals surface area contributed by atoms with Crippen LogP contribution in [0.2, 0.25) is 0 Å². The first-order valence-electron chi connectivity index (χ1n) is 5.94. The number of hydrogen-bond acceptors (Lipinski definition) is 3. The van der Waals surface area contributed by atoms with Crippen LogP contribution in [0, 0.1) is 0 Å². The molecule has 4 nitrogen and oxygen atoms in total. The fraction of sp³-hybridized carbons (Fsp3) is 0.462. The maximum atomic E-state index is 12.3. The molecule has 0 saturated heterocycles. The number of hydrogen-bond donors (Lipinski definition) is 1. The van der Waals surface area contributed by atoms with Crippen molar-refractivity contribution < 1.29 is 14.1 Å². The van der Waals surface area contributed by atoms with Gasteiger partial charge in [-0.15, -0.1) is 0 Å². The van der Waals surface area contributed by atoms with Crippen LogP contribution in [0.15, 0.2) is 30.3 Å². The Bertz CT molecular complexity index is 431. The second-order valence-electron chi connectivity index (χ2n) is 4.62. The number of carbonyl (C=O) groups excluding carboxylic acids is 1. The van der Waals surface area contributed by atoms with Crippen LogP contribution >= 0.6 is 7.29 Å². The van der Waals surface area contributed by atoms with Crippen molar-refractivity contribution in [2.24, 2.45) is 0 Å². The minimum Gasteiger partial charge on any atom is -0.462 e. The second-order valence-corrected chi connectivity index (χ2v) is 7.45. The Labute approximate surface area is 108 Å². The van der Waals surface area contributed by atoms with Gasteiger partial charge in [0.15, 0.2) is 0 Å². The average Bonchev–Trinajstić information content (AvgIpc) is 2.26. The monoisotopic (exact) mass is 269 g/mol. The molecule has 0 amide bonds. The predicted molar refractivity (Wildman–Crippen MR) is 72.9 cm³/mol. The zero-order chi connectivity index (χ0) is 13.6. The molecule has 0 aromatic heterocycles. The van der Waals surface area contributed by atoms with E-state index in [1.165, 1.54) is 0 Å². The number of carbonyl (C=O) groups is 1. The maximum Gasteiger partial charge on any atom is 0.320 e. The molecule has 0 aliphatic carbocycles. The first kappa shape index (κ1) is 14.9. The van der Waals surface area contributed by atoms with Crippen LogP contribution in [0.4, 0.5) is 0 Å². The molecule has 18 heavy (non-hydrogen) atoms. The largest absolute Gasteiger partial charge is 0.462 e. The molecule has 1 rings (SSSR count). The van der Waals surface area contributed by atoms with E-state index in [0.717, 1.165) is 5.56 Å². The van der Waals surface area contributed by atoms with Gasteiger partial charge in [-0.25, -0.2) is 0 Å². The van der Waals surface area contributed by atoms with Gasteiger partial charge in [-0.2, -0.15) is 0 Å². The Morgan fingerprint density at radius 2 is 1.94 bits per heavy atom. The first-order chi connectivity index (χ1) is 8.39. The van der Waals surface area contributed by atoms with Crippen LogP contribution in [-0.4, -0.2) is 25.3 Å². The van der Waals surface area contributed by atoms with E-state index in [2.05, 4.69) is 5.09 Å². The van der Waals surface area contributed by atoms with Crippen molar-refractivity contribution in [2.75, 3.05) is 13.2 Å². The molecule has 0 heterocycles. The van der Waals surface area contributed by atoms with Gasteiger partial charge in [0.05, 0.1) is 12.6 Å². The number of rotatable bonds is 6. The van der Waals surface area contributed by atoms with Gasteiger partial charge in [0.2, 0.25) is 0 Å². The van der Waals surface area contributed by atoms with Crippen LogP contribution in [0.1, 0.15) is 19.4 Å². The van der Waals surface area contributed by atoms with E-state index in [1.54, 1.807) is 20.5 Å². The lowest BCUT2D eigenvalue weighted by molar-refractivity contribution is -0.145. The van der Waals surface area contributed by atoms with Gasteiger partial charge < -0.3 is 9.30 Å². The second kappa shape index (κ2) is 6.72. The molecule has 0 aliphatic rings. The topological polar surface area (TPSA) is 55.4 Å². The molecule has 1 aromatic rings. The molecule has 0 radical (unpaired) electrons. The van der Waals surface area contributed by atoms with E-state index in [9.17, 15) is 9.36 Å². The third-order valence-electron chi connectivity index (χ3n) is 2.25. The van der Waals surface area contributed by atoms with Crippen molar-refractivity contribution in [3.63, 3.8) is 0 Å². The van der Waals surface area contributed by atoms with Gasteiger partial charge >= 0.3 is 5.97 Å². The van der Waals surface area contributed by atoms with E-state index in [1.807, 2.05) is 30.3 Å². The van der Waals surface area contributed by atoms with Gasteiger partial charge in [-0.05, 0) is 19.4 Å². The van der Waals surface area contributed by atoms with E-state index >= 15 is 0 Å². The molecular formula is C13H20NO3P. The lowest BCUT2D eigenvalue weighted by Crippen LogP contribution is -2.25. The zero-order valence-corrected chi connectivity index (χ0v) is 11.9. The highest BCUT2D eigenvalue weighted by Crippen LogP contribution is 2.39. The van der Waals surface area contributed by atoms with Crippen LogP contribution in [0.3, 0.4) is 0 Å². The highest BCUT2D eigenvalue weighted by atomic mass is 31.2. The third kappa shape index (κ3) is 5.99. The summed E-state index contributed by atoms with van der Waals surface area (Å²) in [5.41, 5.74) is 0.994. The standard InChI is InChI=1S/C13H20NO3P/c1-11(2)17-13(15)9-14-18(3,16)10-12-7-5-4-6-8-12/h4-8,11H,9-10H2,1-3H3,(H,14,16)/t18-/m1/s1. The Kier molecular flexibility index (Phi) is 5.57. The van der Waals surface area contributed by atoms with E-state index in [0.29, 0.717) is 6.16 Å². The predicted octanol–water partition coefficient (Wildman–Crippen LogP) is 2.64. The molecule has 0 fully saturated rings. The summed E-state index contributed by atoms with van der Waals surface area (Å²) in [7, 11) is -2.56. The molecule has 1 N–H and O–H groups in total. The van der Waals surface area contributed by atoms with Crippen LogP contribution < -0.4 is 5.09 Å². The number of esters is 1. The highest BCUT2D eigenvalue weighted by molar-refractivity contribution is 7.60. The molecule has 0 aliphatic heterocycles. The molecule has 100 valence electrons. The van der Waals surface area contributed by atoms with Crippen molar-refractivity contribution in [3.8, 4) is 0 Å². The number of nitrogens with one attached hydrogen (secondary N) is 1. The summed E-state index contributed by atoms with van der Waals surface area (Å²) in [5, 5.41) is 2.79. The number of ether oxygens (including phenoxy) is 1. The molecule has 0 saturated carbocycles. The van der Waals surface area contributed by atoms with Crippen LogP contribution in [0.25, 0.3) is 0 Å². The molecular weight excluding hydrogens is 249 g/mol. The SMILES string of the molecule is CC(C)OC(=O)CN[P@](C)(=O)Cc1ccccc1. The minimum absolute atomic E-state index is 0.0151. The minimum atomic E-state index is -2.56. The van der Waals surface area contributed by atoms with Crippen molar-refractivity contribution in [2.45, 2.75) is 26.1 Å². The van der Waals surface area contributed by atoms with E-state index in [4.69, 9.17) is 4.74 Å². The molecule has 0 spiro atoms. The molecule has 0 bridgehead atoms. The lowest BCUT2D eigenvalue weighted by atomic mass is 10.2. The molecule has 5 heteroatoms. The van der Waals surface area contributed by atoms with Crippen LogP contribution in [0.5, 0.6) is 0 Å². The summed E-state index contributed by atoms with van der Waals surface area (Å²) in [5.74, 6) is -0.375. The van der Waals surface area contributed by atoms with Crippen molar-refractivity contribution in [1.29, 1.82) is 0 Å². The summed E-state index contributed by atoms with van der Waals surface area (Å²) in [4.78, 5) is 11.3. The van der Waals surface area contributed by atoms with Gasteiger partial charge in [0.25, 0.3) is 0 Å².